The highest BCUT2D eigenvalue weighted by atomic mass is 35.5. The minimum atomic E-state index is -3.08. The topological polar surface area (TPSA) is 72.8 Å². The van der Waals surface area contributed by atoms with Gasteiger partial charge in [-0.2, -0.15) is 0 Å². The third-order valence-electron chi connectivity index (χ3n) is 1.58. The van der Waals surface area contributed by atoms with E-state index in [4.69, 9.17) is 11.6 Å². The minimum Gasteiger partial charge on any atom is -0.235 e. The Morgan fingerprint density at radius 3 is 2.80 bits per heavy atom. The quantitative estimate of drug-likeness (QED) is 0.764. The van der Waals surface area contributed by atoms with Crippen molar-refractivity contribution in [3.8, 4) is 0 Å². The molecule has 0 aromatic carbocycles. The van der Waals surface area contributed by atoms with E-state index in [9.17, 15) is 8.42 Å². The van der Waals surface area contributed by atoms with E-state index in [1.807, 2.05) is 0 Å². The monoisotopic (exact) mass is 263 g/mol. The second-order valence-corrected chi connectivity index (χ2v) is 6.56. The van der Waals surface area contributed by atoms with Gasteiger partial charge in [0.15, 0.2) is 15.0 Å². The number of fused-ring (bicyclic) bond motifs is 1. The molecule has 0 N–H and O–H groups in total. The van der Waals surface area contributed by atoms with E-state index >= 15 is 0 Å². The van der Waals surface area contributed by atoms with Crippen LogP contribution >= 0.6 is 22.9 Å². The highest BCUT2D eigenvalue weighted by Crippen LogP contribution is 2.25. The van der Waals surface area contributed by atoms with Gasteiger partial charge in [-0.25, -0.2) is 23.4 Å². The average molecular weight is 264 g/mol. The summed E-state index contributed by atoms with van der Waals surface area (Å²) in [7, 11) is -3.08. The molecule has 80 valence electrons. The molecule has 0 unspecified atom stereocenters. The molecule has 2 aromatic rings. The van der Waals surface area contributed by atoms with Crippen molar-refractivity contribution in [1.82, 2.24) is 15.0 Å². The maximum absolute atomic E-state index is 11.1. The number of sulfone groups is 1. The molecule has 0 spiro atoms. The fraction of sp³-hybridized carbons (Fsp3) is 0.286. The first-order chi connectivity index (χ1) is 6.96. The van der Waals surface area contributed by atoms with Crippen LogP contribution < -0.4 is 0 Å². The Balaban J connectivity index is 2.53. The Morgan fingerprint density at radius 2 is 2.20 bits per heavy atom. The zero-order chi connectivity index (χ0) is 11.1. The van der Waals surface area contributed by atoms with Crippen LogP contribution in [0.3, 0.4) is 0 Å². The van der Waals surface area contributed by atoms with E-state index in [1.54, 1.807) is 0 Å². The van der Waals surface area contributed by atoms with Crippen molar-refractivity contribution in [2.24, 2.45) is 0 Å². The summed E-state index contributed by atoms with van der Waals surface area (Å²) in [5.74, 6) is -0.0929. The number of hydrogen-bond donors (Lipinski definition) is 0. The fourth-order valence-electron chi connectivity index (χ4n) is 1.06. The van der Waals surface area contributed by atoms with Crippen molar-refractivity contribution in [2.45, 2.75) is 5.75 Å². The van der Waals surface area contributed by atoms with E-state index in [0.717, 1.165) is 6.26 Å². The van der Waals surface area contributed by atoms with Crippen LogP contribution in [0.15, 0.2) is 6.33 Å². The van der Waals surface area contributed by atoms with Crippen LogP contribution in [0, 0.1) is 0 Å². The van der Waals surface area contributed by atoms with Gasteiger partial charge in [-0.05, 0) is 0 Å². The molecule has 0 saturated carbocycles. The molecule has 0 aliphatic rings. The van der Waals surface area contributed by atoms with Gasteiger partial charge in [0.05, 0.1) is 0 Å². The highest BCUT2D eigenvalue weighted by Gasteiger charge is 2.12. The fourth-order valence-corrected chi connectivity index (χ4v) is 3.38. The summed E-state index contributed by atoms with van der Waals surface area (Å²) in [6.45, 7) is 0. The molecule has 0 bridgehead atoms. The number of thiazole rings is 1. The molecule has 0 radical (unpaired) electrons. The number of halogens is 1. The Labute approximate surface area is 95.1 Å². The van der Waals surface area contributed by atoms with Gasteiger partial charge in [-0.3, -0.25) is 0 Å². The van der Waals surface area contributed by atoms with Gasteiger partial charge in [-0.15, -0.1) is 0 Å². The van der Waals surface area contributed by atoms with Gasteiger partial charge >= 0.3 is 0 Å². The SMILES string of the molecule is CS(=O)(=O)Cc1nc2c(Cl)ncnc2s1. The van der Waals surface area contributed by atoms with Crippen molar-refractivity contribution in [2.75, 3.05) is 6.26 Å². The van der Waals surface area contributed by atoms with E-state index in [-0.39, 0.29) is 10.9 Å². The van der Waals surface area contributed by atoms with E-state index in [0.29, 0.717) is 15.4 Å². The lowest BCUT2D eigenvalue weighted by Gasteiger charge is -1.90. The van der Waals surface area contributed by atoms with Crippen LogP contribution in [0.25, 0.3) is 10.3 Å². The number of nitrogens with zero attached hydrogens (tertiary/aromatic N) is 3. The lowest BCUT2D eigenvalue weighted by Crippen LogP contribution is -1.99. The van der Waals surface area contributed by atoms with E-state index in [2.05, 4.69) is 15.0 Å². The molecule has 0 saturated heterocycles. The van der Waals surface area contributed by atoms with Crippen molar-refractivity contribution in [3.05, 3.63) is 16.5 Å². The Bertz CT molecular complexity index is 608. The van der Waals surface area contributed by atoms with Crippen LogP contribution in [0.2, 0.25) is 5.15 Å². The highest BCUT2D eigenvalue weighted by molar-refractivity contribution is 7.90. The molecule has 15 heavy (non-hydrogen) atoms. The molecular formula is C7H6ClN3O2S2. The Hall–Kier alpha value is -0.790. The molecule has 8 heteroatoms. The predicted octanol–water partition coefficient (Wildman–Crippen LogP) is 1.28. The van der Waals surface area contributed by atoms with Gasteiger partial charge < -0.3 is 0 Å². The maximum atomic E-state index is 11.1. The first kappa shape index (κ1) is 10.7. The lowest BCUT2D eigenvalue weighted by molar-refractivity contribution is 0.601. The second-order valence-electron chi connectivity index (χ2n) is 3.00. The molecule has 0 aliphatic heterocycles. The minimum absolute atomic E-state index is 0.0929. The average Bonchev–Trinajstić information content (AvgIpc) is 2.45. The smallest absolute Gasteiger partial charge is 0.159 e. The largest absolute Gasteiger partial charge is 0.235 e. The maximum Gasteiger partial charge on any atom is 0.159 e. The molecule has 5 nitrogen and oxygen atoms in total. The predicted molar refractivity (Wildman–Crippen MR) is 58.8 cm³/mol. The molecule has 0 fully saturated rings. The molecule has 2 heterocycles. The summed E-state index contributed by atoms with van der Waals surface area (Å²) in [6, 6.07) is 0. The zero-order valence-corrected chi connectivity index (χ0v) is 10.0. The first-order valence-electron chi connectivity index (χ1n) is 3.89. The summed E-state index contributed by atoms with van der Waals surface area (Å²) in [5.41, 5.74) is 0.461. The van der Waals surface area contributed by atoms with Crippen molar-refractivity contribution in [1.29, 1.82) is 0 Å². The van der Waals surface area contributed by atoms with Crippen LogP contribution in [-0.4, -0.2) is 29.6 Å². The van der Waals surface area contributed by atoms with Gasteiger partial charge in [0.25, 0.3) is 0 Å². The van der Waals surface area contributed by atoms with Crippen LogP contribution in [0.1, 0.15) is 5.01 Å². The number of hydrogen-bond acceptors (Lipinski definition) is 6. The molecule has 2 rings (SSSR count). The Kier molecular flexibility index (Phi) is 2.61. The van der Waals surface area contributed by atoms with Crippen LogP contribution in [-0.2, 0) is 15.6 Å². The van der Waals surface area contributed by atoms with Crippen molar-refractivity contribution in [3.63, 3.8) is 0 Å². The number of rotatable bonds is 2. The molecule has 0 amide bonds. The van der Waals surface area contributed by atoms with E-state index in [1.165, 1.54) is 17.7 Å². The van der Waals surface area contributed by atoms with Gasteiger partial charge in [0.2, 0.25) is 0 Å². The molecule has 0 atom stereocenters. The normalized spacial score (nSPS) is 12.1. The molecule has 2 aromatic heterocycles. The lowest BCUT2D eigenvalue weighted by atomic mass is 10.6. The van der Waals surface area contributed by atoms with Gasteiger partial charge in [0.1, 0.15) is 27.4 Å². The molecule has 0 aliphatic carbocycles. The van der Waals surface area contributed by atoms with Crippen molar-refractivity contribution < 1.29 is 8.42 Å². The van der Waals surface area contributed by atoms with Gasteiger partial charge in [0, 0.05) is 6.26 Å². The first-order valence-corrected chi connectivity index (χ1v) is 7.15. The Morgan fingerprint density at radius 1 is 1.47 bits per heavy atom. The summed E-state index contributed by atoms with van der Waals surface area (Å²) in [6.07, 6.45) is 2.49. The second kappa shape index (κ2) is 3.66. The zero-order valence-electron chi connectivity index (χ0n) is 7.64. The summed E-state index contributed by atoms with van der Waals surface area (Å²) in [5, 5.41) is 0.728. The number of aromatic nitrogens is 3. The molecular weight excluding hydrogens is 258 g/mol. The van der Waals surface area contributed by atoms with Gasteiger partial charge in [-0.1, -0.05) is 22.9 Å². The van der Waals surface area contributed by atoms with Crippen LogP contribution in [0.5, 0.6) is 0 Å². The van der Waals surface area contributed by atoms with E-state index < -0.39 is 9.84 Å². The third kappa shape index (κ3) is 2.42. The standard InChI is InChI=1S/C7H6ClN3O2S2/c1-15(12,13)2-4-11-5-6(8)9-3-10-7(5)14-4/h3H,2H2,1H3. The summed E-state index contributed by atoms with van der Waals surface area (Å²) in [4.78, 5) is 12.4. The summed E-state index contributed by atoms with van der Waals surface area (Å²) < 4.78 is 22.1. The van der Waals surface area contributed by atoms with Crippen LogP contribution in [0.4, 0.5) is 0 Å². The third-order valence-corrected chi connectivity index (χ3v) is 3.80. The van der Waals surface area contributed by atoms with Crippen molar-refractivity contribution >= 4 is 43.1 Å². The summed E-state index contributed by atoms with van der Waals surface area (Å²) >= 11 is 7.00.